The molecule has 0 spiro atoms. The molecule has 1 atom stereocenters. The van der Waals surface area contributed by atoms with Crippen molar-refractivity contribution in [2.45, 2.75) is 52.1 Å². The monoisotopic (exact) mass is 210 g/mol. The van der Waals surface area contributed by atoms with E-state index < -0.39 is 18.6 Å². The van der Waals surface area contributed by atoms with Crippen molar-refractivity contribution in [3.05, 3.63) is 0 Å². The zero-order valence-corrected chi connectivity index (χ0v) is 9.44. The van der Waals surface area contributed by atoms with Crippen LogP contribution in [0.1, 0.15) is 46.0 Å². The molecule has 1 unspecified atom stereocenters. The molecule has 12 heavy (non-hydrogen) atoms. The molecule has 0 bridgehead atoms. The van der Waals surface area contributed by atoms with E-state index in [1.165, 1.54) is 12.8 Å². The maximum absolute atomic E-state index is 10.4. The summed E-state index contributed by atoms with van der Waals surface area (Å²) in [5, 5.41) is 0. The van der Waals surface area contributed by atoms with Gasteiger partial charge in [-0.05, 0) is 0 Å². The molecule has 0 aromatic carbocycles. The predicted octanol–water partition coefficient (Wildman–Crippen LogP) is 2.15. The van der Waals surface area contributed by atoms with E-state index in [0.29, 0.717) is 0 Å². The summed E-state index contributed by atoms with van der Waals surface area (Å²) in [6.45, 7) is 4.12. The zero-order valence-electron chi connectivity index (χ0n) is 7.88. The summed E-state index contributed by atoms with van der Waals surface area (Å²) in [6.07, 6.45) is 5.22. The van der Waals surface area contributed by atoms with Crippen molar-refractivity contribution in [2.75, 3.05) is 0 Å². The molecular weight excluding hydrogens is 192 g/mol. The van der Waals surface area contributed by atoms with Gasteiger partial charge in [-0.15, -0.1) is 0 Å². The minimum atomic E-state index is -3.28. The third-order valence-electron chi connectivity index (χ3n) is 1.85. The Morgan fingerprint density at radius 1 is 1.42 bits per heavy atom. The molecule has 1 N–H and O–H groups in total. The predicted molar refractivity (Wildman–Crippen MR) is 42.2 cm³/mol. The van der Waals surface area contributed by atoms with E-state index in [2.05, 4.69) is 6.92 Å². The van der Waals surface area contributed by atoms with Gasteiger partial charge in [-0.3, -0.25) is 0 Å². The number of hydrogen-bond acceptors (Lipinski definition) is 2. The van der Waals surface area contributed by atoms with Crippen LogP contribution in [0.25, 0.3) is 0 Å². The first kappa shape index (κ1) is 12.4. The van der Waals surface area contributed by atoms with E-state index in [9.17, 15) is 3.32 Å². The van der Waals surface area contributed by atoms with Crippen molar-refractivity contribution in [3.63, 3.8) is 0 Å². The second-order valence-corrected chi connectivity index (χ2v) is 4.11. The fourth-order valence-corrected chi connectivity index (χ4v) is 2.00. The molecule has 72 valence electrons. The van der Waals surface area contributed by atoms with E-state index >= 15 is 0 Å². The summed E-state index contributed by atoms with van der Waals surface area (Å²) in [5.41, 5.74) is 0. The average Bonchev–Trinajstić information content (AvgIpc) is 2.02. The summed E-state index contributed by atoms with van der Waals surface area (Å²) in [7, 11) is 0. The van der Waals surface area contributed by atoms with Gasteiger partial charge < -0.3 is 0 Å². The fourth-order valence-electron chi connectivity index (χ4n) is 1.11. The van der Waals surface area contributed by atoms with Crippen LogP contribution in [-0.2, 0) is 25.3 Å². The Morgan fingerprint density at radius 2 is 2.08 bits per heavy atom. The average molecular weight is 210 g/mol. The van der Waals surface area contributed by atoms with Crippen LogP contribution in [0.4, 0.5) is 0 Å². The Bertz CT molecular complexity index is 127. The normalized spacial score (nSPS) is 12.9. The van der Waals surface area contributed by atoms with Gasteiger partial charge in [0.2, 0.25) is 0 Å². The van der Waals surface area contributed by atoms with Crippen molar-refractivity contribution < 1.29 is 28.9 Å². The molecule has 0 aromatic heterocycles. The van der Waals surface area contributed by atoms with Gasteiger partial charge in [0.15, 0.2) is 0 Å². The number of hydrogen-bond donors (Lipinski definition) is 1. The molecule has 0 aromatic rings. The second kappa shape index (κ2) is 8.05. The van der Waals surface area contributed by atoms with Gasteiger partial charge >= 0.3 is 81.0 Å². The Morgan fingerprint density at radius 3 is 2.50 bits per heavy atom. The first-order chi connectivity index (χ1) is 5.70. The molecule has 0 fully saturated rings. The van der Waals surface area contributed by atoms with E-state index in [4.69, 9.17) is 7.01 Å². The standard InChI is InChI=1S/C8H17O.H2O.O.Ti/c1-3-5-6-7-8(9)4-2;;;/h8H,3-7H2,1-2H3;1H2;;/q-1;;;+2/p-1. The van der Waals surface area contributed by atoms with Gasteiger partial charge in [0, 0.05) is 0 Å². The number of rotatable bonds is 7. The summed E-state index contributed by atoms with van der Waals surface area (Å²) < 4.78 is 23.9. The van der Waals surface area contributed by atoms with Crippen LogP contribution in [0.5, 0.6) is 0 Å². The third-order valence-corrected chi connectivity index (χ3v) is 2.69. The van der Waals surface area contributed by atoms with Crippen LogP contribution in [0, 0.1) is 0 Å². The molecule has 0 aliphatic carbocycles. The molecule has 0 saturated heterocycles. The van der Waals surface area contributed by atoms with Gasteiger partial charge in [-0.1, -0.05) is 0 Å². The second-order valence-electron chi connectivity index (χ2n) is 2.91. The third kappa shape index (κ3) is 7.10. The molecule has 0 saturated carbocycles. The quantitative estimate of drug-likeness (QED) is 0.517. The molecule has 0 rings (SSSR count). The molecule has 4 heteroatoms. The van der Waals surface area contributed by atoms with Gasteiger partial charge in [-0.25, -0.2) is 0 Å². The SMILES string of the molecule is CCCCCC(CC)[O][Ti](=[O])[OH]. The molecular formula is C8H18O3Ti. The van der Waals surface area contributed by atoms with E-state index in [-0.39, 0.29) is 6.10 Å². The first-order valence-electron chi connectivity index (χ1n) is 4.60. The van der Waals surface area contributed by atoms with Crippen molar-refractivity contribution in [1.29, 1.82) is 0 Å². The number of unbranched alkanes of at least 4 members (excludes halogenated alkanes) is 2. The topological polar surface area (TPSA) is 46.5 Å². The van der Waals surface area contributed by atoms with Crippen molar-refractivity contribution in [1.82, 2.24) is 0 Å². The Balaban J connectivity index is 3.46. The van der Waals surface area contributed by atoms with Crippen molar-refractivity contribution in [2.24, 2.45) is 0 Å². The minimum absolute atomic E-state index is 0.00838. The summed E-state index contributed by atoms with van der Waals surface area (Å²) in [4.78, 5) is 0. The zero-order chi connectivity index (χ0) is 9.40. The van der Waals surface area contributed by atoms with Crippen molar-refractivity contribution >= 4 is 0 Å². The van der Waals surface area contributed by atoms with Gasteiger partial charge in [0.1, 0.15) is 0 Å². The van der Waals surface area contributed by atoms with E-state index in [0.717, 1.165) is 19.3 Å². The van der Waals surface area contributed by atoms with Crippen LogP contribution < -0.4 is 0 Å². The van der Waals surface area contributed by atoms with Crippen LogP contribution in [0.15, 0.2) is 0 Å². The van der Waals surface area contributed by atoms with Crippen LogP contribution in [0.3, 0.4) is 0 Å². The van der Waals surface area contributed by atoms with Gasteiger partial charge in [0.05, 0.1) is 0 Å². The van der Waals surface area contributed by atoms with Gasteiger partial charge in [0.25, 0.3) is 0 Å². The molecule has 0 amide bonds. The fraction of sp³-hybridized carbons (Fsp3) is 1.00. The van der Waals surface area contributed by atoms with Crippen LogP contribution in [-0.4, -0.2) is 9.79 Å². The maximum atomic E-state index is 10.4. The van der Waals surface area contributed by atoms with Crippen molar-refractivity contribution in [3.8, 4) is 0 Å². The Hall–Kier alpha value is 0.434. The summed E-state index contributed by atoms with van der Waals surface area (Å²) >= 11 is -3.28. The van der Waals surface area contributed by atoms with E-state index in [1.54, 1.807) is 0 Å². The Labute approximate surface area is 81.2 Å². The van der Waals surface area contributed by atoms with Crippen LogP contribution >= 0.6 is 0 Å². The summed E-state index contributed by atoms with van der Waals surface area (Å²) in [6, 6.07) is 0. The van der Waals surface area contributed by atoms with E-state index in [1.807, 2.05) is 6.92 Å². The first-order valence-corrected chi connectivity index (χ1v) is 6.57. The molecule has 0 aliphatic rings. The molecule has 0 radical (unpaired) electrons. The van der Waals surface area contributed by atoms with Crippen LogP contribution in [0.2, 0.25) is 0 Å². The Kier molecular flexibility index (Phi) is 8.34. The van der Waals surface area contributed by atoms with Gasteiger partial charge in [-0.2, -0.15) is 0 Å². The summed E-state index contributed by atoms with van der Waals surface area (Å²) in [5.74, 6) is 0. The molecule has 0 heterocycles. The molecule has 3 nitrogen and oxygen atoms in total. The molecule has 0 aliphatic heterocycles.